The van der Waals surface area contributed by atoms with Crippen LogP contribution in [0, 0.1) is 17.5 Å². The molecule has 0 atom stereocenters. The summed E-state index contributed by atoms with van der Waals surface area (Å²) >= 11 is 0. The molecule has 0 saturated carbocycles. The highest BCUT2D eigenvalue weighted by atomic mass is 19.2. The van der Waals surface area contributed by atoms with E-state index in [2.05, 4.69) is 15.5 Å². The van der Waals surface area contributed by atoms with Gasteiger partial charge in [0.15, 0.2) is 11.6 Å². The summed E-state index contributed by atoms with van der Waals surface area (Å²) in [4.78, 5) is 3.91. The Kier molecular flexibility index (Phi) is 7.17. The van der Waals surface area contributed by atoms with E-state index in [1.54, 1.807) is 6.07 Å². The Labute approximate surface area is 179 Å². The van der Waals surface area contributed by atoms with E-state index in [1.165, 1.54) is 18.2 Å². The van der Waals surface area contributed by atoms with Crippen molar-refractivity contribution in [2.24, 2.45) is 0 Å². The van der Waals surface area contributed by atoms with Gasteiger partial charge in [-0.1, -0.05) is 18.1 Å². The first-order valence-corrected chi connectivity index (χ1v) is 10.1. The maximum absolute atomic E-state index is 14.7. The van der Waals surface area contributed by atoms with Gasteiger partial charge in [0.2, 0.25) is 0 Å². The van der Waals surface area contributed by atoms with Crippen molar-refractivity contribution in [3.63, 3.8) is 0 Å². The number of benzene rings is 2. The highest BCUT2D eigenvalue weighted by Gasteiger charge is 2.22. The van der Waals surface area contributed by atoms with Gasteiger partial charge < -0.3 is 19.5 Å². The van der Waals surface area contributed by atoms with E-state index >= 15 is 0 Å². The van der Waals surface area contributed by atoms with Gasteiger partial charge in [0.05, 0.1) is 16.9 Å². The summed E-state index contributed by atoms with van der Waals surface area (Å²) in [5.41, 5.74) is 0.681. The zero-order chi connectivity index (χ0) is 22.5. The zero-order valence-electron chi connectivity index (χ0n) is 18.0. The molecule has 3 aromatic rings. The van der Waals surface area contributed by atoms with Gasteiger partial charge in [-0.2, -0.15) is 0 Å². The Morgan fingerprint density at radius 2 is 1.74 bits per heavy atom. The molecule has 0 unspecified atom stereocenters. The van der Waals surface area contributed by atoms with Gasteiger partial charge >= 0.3 is 6.01 Å². The maximum Gasteiger partial charge on any atom is 0.318 e. The van der Waals surface area contributed by atoms with Crippen LogP contribution in [0.4, 0.5) is 30.6 Å². The molecule has 1 N–H and O–H groups in total. The van der Waals surface area contributed by atoms with Crippen molar-refractivity contribution in [2.75, 3.05) is 43.9 Å². The number of nitrogens with one attached hydrogen (secondary N) is 1. The van der Waals surface area contributed by atoms with E-state index in [4.69, 9.17) is 4.42 Å². The summed E-state index contributed by atoms with van der Waals surface area (Å²) in [5, 5.41) is 10.7. The molecular formula is C22H26F3N5O. The molecule has 0 aliphatic carbocycles. The number of hydrogen-bond donors (Lipinski definition) is 1. The predicted molar refractivity (Wildman–Crippen MR) is 115 cm³/mol. The van der Waals surface area contributed by atoms with Crippen LogP contribution in [0.15, 0.2) is 34.7 Å². The summed E-state index contributed by atoms with van der Waals surface area (Å²) in [7, 11) is 3.91. The highest BCUT2D eigenvalue weighted by molar-refractivity contribution is 5.78. The Morgan fingerprint density at radius 1 is 0.968 bits per heavy atom. The third-order valence-electron chi connectivity index (χ3n) is 4.91. The monoisotopic (exact) mass is 433 g/mol. The van der Waals surface area contributed by atoms with Gasteiger partial charge in [0.25, 0.3) is 5.89 Å². The molecule has 1 heterocycles. The van der Waals surface area contributed by atoms with E-state index in [0.717, 1.165) is 18.2 Å². The lowest BCUT2D eigenvalue weighted by Gasteiger charge is -2.20. The quantitative estimate of drug-likeness (QED) is 0.521. The molecule has 0 fully saturated rings. The van der Waals surface area contributed by atoms with Crippen molar-refractivity contribution in [1.29, 1.82) is 0 Å². The molecule has 166 valence electrons. The van der Waals surface area contributed by atoms with Crippen LogP contribution >= 0.6 is 0 Å². The number of rotatable bonds is 9. The molecule has 6 nitrogen and oxygen atoms in total. The number of nitrogens with zero attached hydrogens (tertiary/aromatic N) is 4. The molecular weight excluding hydrogens is 407 g/mol. The lowest BCUT2D eigenvalue weighted by molar-refractivity contribution is 0.407. The van der Waals surface area contributed by atoms with E-state index in [9.17, 15) is 13.2 Å². The SMILES string of the molecule is CCc1ccc(Nc2c(-c3nnc(N(CC)CCN(C)C)o3)ccc(F)c2F)c(F)c1. The summed E-state index contributed by atoms with van der Waals surface area (Å²) in [6, 6.07) is 7.13. The fourth-order valence-corrected chi connectivity index (χ4v) is 3.03. The summed E-state index contributed by atoms with van der Waals surface area (Å²) < 4.78 is 48.9. The zero-order valence-corrected chi connectivity index (χ0v) is 18.0. The number of halogens is 3. The van der Waals surface area contributed by atoms with Crippen molar-refractivity contribution in [3.05, 3.63) is 53.3 Å². The Hall–Kier alpha value is -3.07. The fourth-order valence-electron chi connectivity index (χ4n) is 3.03. The summed E-state index contributed by atoms with van der Waals surface area (Å²) in [6.07, 6.45) is 0.656. The predicted octanol–water partition coefficient (Wildman–Crippen LogP) is 4.85. The standard InChI is InChI=1S/C22H26F3N5O/c1-5-14-7-10-18(17(24)13-14)26-20-15(8-9-16(23)19(20)25)21-27-28-22(31-21)30(6-2)12-11-29(3)4/h7-10,13,26H,5-6,11-12H2,1-4H3. The Morgan fingerprint density at radius 3 is 2.39 bits per heavy atom. The molecule has 0 amide bonds. The second kappa shape index (κ2) is 9.82. The van der Waals surface area contributed by atoms with Crippen molar-refractivity contribution in [3.8, 4) is 11.5 Å². The lowest BCUT2D eigenvalue weighted by atomic mass is 10.1. The van der Waals surface area contributed by atoms with Crippen LogP contribution in [0.5, 0.6) is 0 Å². The number of hydrogen-bond acceptors (Lipinski definition) is 6. The van der Waals surface area contributed by atoms with Crippen molar-refractivity contribution >= 4 is 17.4 Å². The number of aryl methyl sites for hydroxylation is 1. The normalized spacial score (nSPS) is 11.2. The van der Waals surface area contributed by atoms with E-state index < -0.39 is 17.5 Å². The molecule has 9 heteroatoms. The molecule has 3 rings (SSSR count). The summed E-state index contributed by atoms with van der Waals surface area (Å²) in [6.45, 7) is 5.91. The Bertz CT molecular complexity index is 1040. The van der Waals surface area contributed by atoms with Gasteiger partial charge in [-0.15, -0.1) is 5.10 Å². The van der Waals surface area contributed by atoms with Gasteiger partial charge in [-0.3, -0.25) is 0 Å². The molecule has 2 aromatic carbocycles. The fraction of sp³-hybridized carbons (Fsp3) is 0.364. The van der Waals surface area contributed by atoms with Crippen LogP contribution in [-0.2, 0) is 6.42 Å². The highest BCUT2D eigenvalue weighted by Crippen LogP contribution is 2.35. The molecule has 0 bridgehead atoms. The van der Waals surface area contributed by atoms with Crippen molar-refractivity contribution in [2.45, 2.75) is 20.3 Å². The van der Waals surface area contributed by atoms with E-state index in [-0.39, 0.29) is 28.8 Å². The maximum atomic E-state index is 14.7. The van der Waals surface area contributed by atoms with Crippen LogP contribution in [0.1, 0.15) is 19.4 Å². The smallest absolute Gasteiger partial charge is 0.318 e. The first-order valence-electron chi connectivity index (χ1n) is 10.1. The lowest BCUT2D eigenvalue weighted by Crippen LogP contribution is -2.31. The molecule has 0 radical (unpaired) electrons. The van der Waals surface area contributed by atoms with Gasteiger partial charge in [-0.05, 0) is 57.3 Å². The third kappa shape index (κ3) is 5.16. The van der Waals surface area contributed by atoms with E-state index in [0.29, 0.717) is 19.5 Å². The third-order valence-corrected chi connectivity index (χ3v) is 4.91. The van der Waals surface area contributed by atoms with Crippen LogP contribution in [0.25, 0.3) is 11.5 Å². The van der Waals surface area contributed by atoms with Gasteiger partial charge in [0.1, 0.15) is 5.82 Å². The van der Waals surface area contributed by atoms with Crippen LogP contribution in [-0.4, -0.2) is 48.8 Å². The minimum Gasteiger partial charge on any atom is -0.403 e. The summed E-state index contributed by atoms with van der Waals surface area (Å²) in [5.74, 6) is -2.79. The Balaban J connectivity index is 1.96. The topological polar surface area (TPSA) is 57.4 Å². The second-order valence-electron chi connectivity index (χ2n) is 7.35. The first-order chi connectivity index (χ1) is 14.8. The van der Waals surface area contributed by atoms with Crippen LogP contribution in [0.2, 0.25) is 0 Å². The first kappa shape index (κ1) is 22.6. The second-order valence-corrected chi connectivity index (χ2v) is 7.35. The van der Waals surface area contributed by atoms with E-state index in [1.807, 2.05) is 37.7 Å². The average Bonchev–Trinajstić information content (AvgIpc) is 3.22. The molecule has 0 spiro atoms. The molecule has 0 aliphatic heterocycles. The van der Waals surface area contributed by atoms with Crippen molar-refractivity contribution in [1.82, 2.24) is 15.1 Å². The van der Waals surface area contributed by atoms with Crippen molar-refractivity contribution < 1.29 is 17.6 Å². The minimum absolute atomic E-state index is 0.00490. The van der Waals surface area contributed by atoms with Gasteiger partial charge in [0, 0.05) is 19.6 Å². The molecule has 0 saturated heterocycles. The molecule has 1 aromatic heterocycles. The number of anilines is 3. The minimum atomic E-state index is -1.16. The largest absolute Gasteiger partial charge is 0.403 e. The molecule has 31 heavy (non-hydrogen) atoms. The van der Waals surface area contributed by atoms with Crippen LogP contribution < -0.4 is 10.2 Å². The average molecular weight is 433 g/mol. The number of likely N-dealkylation sites (N-methyl/N-ethyl adjacent to an activating group) is 2. The molecule has 0 aliphatic rings. The number of aromatic nitrogens is 2. The van der Waals surface area contributed by atoms with Crippen LogP contribution in [0.3, 0.4) is 0 Å². The van der Waals surface area contributed by atoms with Gasteiger partial charge in [-0.25, -0.2) is 13.2 Å².